The van der Waals surface area contributed by atoms with Gasteiger partial charge in [0.05, 0.1) is 35.4 Å². The fourth-order valence-corrected chi connectivity index (χ4v) is 2.56. The Morgan fingerprint density at radius 2 is 1.58 bits per heavy atom. The van der Waals surface area contributed by atoms with Gasteiger partial charge in [0.2, 0.25) is 11.6 Å². The van der Waals surface area contributed by atoms with Gasteiger partial charge in [-0.2, -0.15) is 0 Å². The minimum Gasteiger partial charge on any atom is -0.497 e. The number of rotatable bonds is 9. The summed E-state index contributed by atoms with van der Waals surface area (Å²) in [6.45, 7) is 0. The number of anilines is 4. The summed E-state index contributed by atoms with van der Waals surface area (Å²) in [7, 11) is 2.96. The number of ether oxygens (including phenoxy) is 2. The summed E-state index contributed by atoms with van der Waals surface area (Å²) in [6, 6.07) is 10.4. The van der Waals surface area contributed by atoms with Crippen LogP contribution in [0.1, 0.15) is 0 Å². The van der Waals surface area contributed by atoms with Crippen molar-refractivity contribution in [2.24, 2.45) is 0 Å². The van der Waals surface area contributed by atoms with Gasteiger partial charge in [-0.1, -0.05) is 0 Å². The first-order valence-electron chi connectivity index (χ1n) is 8.68. The van der Waals surface area contributed by atoms with Crippen LogP contribution in [0.5, 0.6) is 11.5 Å². The van der Waals surface area contributed by atoms with Crippen LogP contribution in [0.2, 0.25) is 0 Å². The second-order valence-electron chi connectivity index (χ2n) is 5.92. The number of nitro benzene ring substituents is 1. The van der Waals surface area contributed by atoms with Gasteiger partial charge in [-0.15, -0.1) is 0 Å². The fraction of sp³-hybridized carbons (Fsp3) is 0.111. The fourth-order valence-electron chi connectivity index (χ4n) is 2.56. The molecule has 2 aromatic carbocycles. The van der Waals surface area contributed by atoms with Crippen LogP contribution in [-0.2, 0) is 0 Å². The van der Waals surface area contributed by atoms with Gasteiger partial charge in [-0.3, -0.25) is 31.1 Å². The third-order valence-electron chi connectivity index (χ3n) is 4.07. The Balaban J connectivity index is 1.86. The largest absolute Gasteiger partial charge is 0.497 e. The monoisotopic (exact) mass is 427 g/mol. The zero-order chi connectivity index (χ0) is 22.4. The van der Waals surface area contributed by atoms with E-state index in [4.69, 9.17) is 9.47 Å². The molecule has 0 aliphatic rings. The van der Waals surface area contributed by atoms with Crippen LogP contribution in [-0.4, -0.2) is 34.0 Å². The number of non-ortho nitro benzene ring substituents is 1. The molecule has 31 heavy (non-hydrogen) atoms. The maximum Gasteiger partial charge on any atom is 0.355 e. The van der Waals surface area contributed by atoms with E-state index in [2.05, 4.69) is 26.1 Å². The minimum atomic E-state index is -0.641. The van der Waals surface area contributed by atoms with Crippen molar-refractivity contribution in [1.29, 1.82) is 0 Å². The molecule has 0 saturated carbocycles. The quantitative estimate of drug-likeness (QED) is 0.338. The molecular formula is C18H17N7O6. The smallest absolute Gasteiger partial charge is 0.355 e. The summed E-state index contributed by atoms with van der Waals surface area (Å²) in [4.78, 5) is 29.1. The van der Waals surface area contributed by atoms with Crippen LogP contribution in [0.25, 0.3) is 0 Å². The molecule has 1 heterocycles. The van der Waals surface area contributed by atoms with Gasteiger partial charge in [0.15, 0.2) is 0 Å². The number of hydrazine groups is 1. The second-order valence-corrected chi connectivity index (χ2v) is 5.92. The Hall–Kier alpha value is -4.68. The molecule has 13 nitrogen and oxygen atoms in total. The van der Waals surface area contributed by atoms with Crippen molar-refractivity contribution in [1.82, 2.24) is 9.97 Å². The second kappa shape index (κ2) is 9.21. The topological polar surface area (TPSA) is 167 Å². The van der Waals surface area contributed by atoms with Crippen molar-refractivity contribution in [2.45, 2.75) is 0 Å². The zero-order valence-corrected chi connectivity index (χ0v) is 16.4. The van der Waals surface area contributed by atoms with Crippen molar-refractivity contribution in [3.8, 4) is 11.5 Å². The van der Waals surface area contributed by atoms with E-state index >= 15 is 0 Å². The third-order valence-corrected chi connectivity index (χ3v) is 4.07. The number of nitrogens with one attached hydrogen (secondary N) is 3. The standard InChI is InChI=1S/C18H17N7O6/c1-30-13-7-8-14(15(9-13)31-2)21-17-16(25(28)29)18(20-10-19-17)23-22-11-3-5-12(6-4-11)24(26)27/h3-10,22H,1-2H3,(H2,19,20,21,23). The number of benzene rings is 2. The highest BCUT2D eigenvalue weighted by atomic mass is 16.6. The van der Waals surface area contributed by atoms with Gasteiger partial charge >= 0.3 is 5.69 Å². The molecule has 0 aliphatic heterocycles. The van der Waals surface area contributed by atoms with Crippen LogP contribution in [0.3, 0.4) is 0 Å². The SMILES string of the molecule is COc1ccc(Nc2ncnc(NNc3ccc([N+](=O)[O-])cc3)c2[N+](=O)[O-])c(OC)c1. The zero-order valence-electron chi connectivity index (χ0n) is 16.4. The van der Waals surface area contributed by atoms with Crippen LogP contribution < -0.4 is 25.6 Å². The minimum absolute atomic E-state index is 0.0727. The lowest BCUT2D eigenvalue weighted by molar-refractivity contribution is -0.384. The molecule has 0 atom stereocenters. The van der Waals surface area contributed by atoms with E-state index in [1.54, 1.807) is 18.2 Å². The molecule has 3 rings (SSSR count). The lowest BCUT2D eigenvalue weighted by Gasteiger charge is -2.14. The Morgan fingerprint density at radius 1 is 0.871 bits per heavy atom. The number of hydrogen-bond donors (Lipinski definition) is 3. The third kappa shape index (κ3) is 4.84. The molecule has 0 fully saturated rings. The lowest BCUT2D eigenvalue weighted by atomic mass is 10.2. The molecule has 13 heteroatoms. The maximum atomic E-state index is 11.7. The first-order chi connectivity index (χ1) is 14.9. The van der Waals surface area contributed by atoms with Crippen LogP contribution in [0.4, 0.5) is 34.4 Å². The summed E-state index contributed by atoms with van der Waals surface area (Å²) >= 11 is 0. The molecule has 0 spiro atoms. The van der Waals surface area contributed by atoms with E-state index in [1.807, 2.05) is 0 Å². The molecule has 0 unspecified atom stereocenters. The first kappa shape index (κ1) is 21.0. The summed E-state index contributed by atoms with van der Waals surface area (Å²) in [5, 5.41) is 25.3. The molecule has 0 bridgehead atoms. The van der Waals surface area contributed by atoms with Crippen LogP contribution in [0, 0.1) is 20.2 Å². The van der Waals surface area contributed by atoms with E-state index in [0.717, 1.165) is 6.33 Å². The molecule has 0 saturated heterocycles. The van der Waals surface area contributed by atoms with Crippen molar-refractivity contribution in [2.75, 3.05) is 30.4 Å². The predicted octanol–water partition coefficient (Wildman–Crippen LogP) is 3.49. The number of nitrogens with zero attached hydrogens (tertiary/aromatic N) is 4. The predicted molar refractivity (Wildman–Crippen MR) is 112 cm³/mol. The van der Waals surface area contributed by atoms with E-state index in [0.29, 0.717) is 22.9 Å². The van der Waals surface area contributed by atoms with Crippen LogP contribution >= 0.6 is 0 Å². The molecule has 0 aliphatic carbocycles. The maximum absolute atomic E-state index is 11.7. The van der Waals surface area contributed by atoms with E-state index in [-0.39, 0.29) is 17.3 Å². The number of aromatic nitrogens is 2. The van der Waals surface area contributed by atoms with Crippen molar-refractivity contribution < 1.29 is 19.3 Å². The summed E-state index contributed by atoms with van der Waals surface area (Å²) < 4.78 is 10.4. The Labute approximate surface area is 175 Å². The number of hydrogen-bond acceptors (Lipinski definition) is 11. The highest BCUT2D eigenvalue weighted by molar-refractivity contribution is 5.76. The van der Waals surface area contributed by atoms with Crippen molar-refractivity contribution in [3.63, 3.8) is 0 Å². The highest BCUT2D eigenvalue weighted by Crippen LogP contribution is 2.36. The first-order valence-corrected chi connectivity index (χ1v) is 8.68. The van der Waals surface area contributed by atoms with Gasteiger partial charge in [0, 0.05) is 18.2 Å². The number of methoxy groups -OCH3 is 2. The van der Waals surface area contributed by atoms with Gasteiger partial charge in [0.25, 0.3) is 5.69 Å². The molecule has 1 aromatic heterocycles. The summed E-state index contributed by atoms with van der Waals surface area (Å²) in [5.74, 6) is 0.754. The summed E-state index contributed by atoms with van der Waals surface area (Å²) in [5.41, 5.74) is 5.70. The van der Waals surface area contributed by atoms with E-state index in [9.17, 15) is 20.2 Å². The van der Waals surface area contributed by atoms with Crippen molar-refractivity contribution in [3.05, 3.63) is 69.0 Å². The molecule has 0 radical (unpaired) electrons. The molecule has 3 N–H and O–H groups in total. The lowest BCUT2D eigenvalue weighted by Crippen LogP contribution is -2.13. The van der Waals surface area contributed by atoms with Gasteiger partial charge in [-0.05, 0) is 24.3 Å². The molecule has 0 amide bonds. The molecule has 160 valence electrons. The van der Waals surface area contributed by atoms with Crippen molar-refractivity contribution >= 4 is 34.4 Å². The van der Waals surface area contributed by atoms with Gasteiger partial charge in [0.1, 0.15) is 17.8 Å². The molecular weight excluding hydrogens is 410 g/mol. The Bertz CT molecular complexity index is 1110. The summed E-state index contributed by atoms with van der Waals surface area (Å²) in [6.07, 6.45) is 1.14. The van der Waals surface area contributed by atoms with Crippen LogP contribution in [0.15, 0.2) is 48.8 Å². The normalized spacial score (nSPS) is 10.1. The van der Waals surface area contributed by atoms with Gasteiger partial charge < -0.3 is 14.8 Å². The average Bonchev–Trinajstić information content (AvgIpc) is 2.78. The highest BCUT2D eigenvalue weighted by Gasteiger charge is 2.24. The molecule has 3 aromatic rings. The Morgan fingerprint density at radius 3 is 2.19 bits per heavy atom. The number of nitro groups is 2. The average molecular weight is 427 g/mol. The van der Waals surface area contributed by atoms with E-state index in [1.165, 1.54) is 38.5 Å². The Kier molecular flexibility index (Phi) is 6.25. The van der Waals surface area contributed by atoms with Gasteiger partial charge in [-0.25, -0.2) is 9.97 Å². The van der Waals surface area contributed by atoms with E-state index < -0.39 is 15.5 Å².